The Balaban J connectivity index is 1.38. The molecule has 30 heavy (non-hydrogen) atoms. The third-order valence-corrected chi connectivity index (χ3v) is 7.48. The molecule has 3 saturated heterocycles. The van der Waals surface area contributed by atoms with Crippen molar-refractivity contribution in [1.82, 2.24) is 15.1 Å². The van der Waals surface area contributed by atoms with Gasteiger partial charge in [0.1, 0.15) is 6.04 Å². The average molecular weight is 412 g/mol. The monoisotopic (exact) mass is 412 g/mol. The van der Waals surface area contributed by atoms with Crippen LogP contribution < -0.4 is 11.1 Å². The second-order valence-electron chi connectivity index (χ2n) is 9.41. The number of benzene rings is 1. The molecule has 1 unspecified atom stereocenters. The second kappa shape index (κ2) is 6.87. The van der Waals surface area contributed by atoms with Crippen molar-refractivity contribution in [1.29, 1.82) is 0 Å². The molecule has 5 aliphatic rings. The van der Waals surface area contributed by atoms with Gasteiger partial charge in [-0.3, -0.25) is 24.6 Å². The molecule has 3 N–H and O–H groups in total. The Kier molecular flexibility index (Phi) is 4.50. The lowest BCUT2D eigenvalue weighted by Gasteiger charge is -2.47. The van der Waals surface area contributed by atoms with Crippen LogP contribution in [0.1, 0.15) is 47.2 Å². The fraction of sp³-hybridized carbons (Fsp3) is 0.591. The number of amides is 3. The van der Waals surface area contributed by atoms with E-state index >= 15 is 0 Å². The number of carbonyl (C=O) groups excluding carboxylic acids is 3. The number of hydrogen-bond donors (Lipinski definition) is 2. The van der Waals surface area contributed by atoms with Gasteiger partial charge < -0.3 is 15.4 Å². The van der Waals surface area contributed by atoms with Crippen molar-refractivity contribution in [3.05, 3.63) is 34.9 Å². The first-order valence-corrected chi connectivity index (χ1v) is 10.6. The van der Waals surface area contributed by atoms with E-state index in [1.54, 1.807) is 12.0 Å². The highest BCUT2D eigenvalue weighted by molar-refractivity contribution is 6.05. The molecule has 4 aliphatic heterocycles. The molecule has 8 nitrogen and oxygen atoms in total. The molecule has 1 aliphatic carbocycles. The maximum atomic E-state index is 13.1. The highest BCUT2D eigenvalue weighted by Crippen LogP contribution is 2.59. The normalized spacial score (nSPS) is 32.9. The predicted molar refractivity (Wildman–Crippen MR) is 108 cm³/mol. The SMILES string of the molecule is COCC12CN(Cc3cccc4c3CN(C3CCC(=O)NC3=O)C4=O)C(CN)(C1)C2. The van der Waals surface area contributed by atoms with Gasteiger partial charge in [0.15, 0.2) is 0 Å². The molecule has 160 valence electrons. The zero-order valence-electron chi connectivity index (χ0n) is 17.3. The number of ether oxygens (including phenoxy) is 1. The molecular weight excluding hydrogens is 384 g/mol. The van der Waals surface area contributed by atoms with Crippen LogP contribution in [0.25, 0.3) is 0 Å². The molecule has 4 heterocycles. The lowest BCUT2D eigenvalue weighted by Crippen LogP contribution is -2.55. The number of nitrogens with zero attached hydrogens (tertiary/aromatic N) is 2. The average Bonchev–Trinajstić information content (AvgIpc) is 3.29. The molecule has 4 fully saturated rings. The molecule has 1 aromatic rings. The van der Waals surface area contributed by atoms with Crippen LogP contribution in [-0.2, 0) is 27.4 Å². The van der Waals surface area contributed by atoms with Crippen LogP contribution in [0.4, 0.5) is 0 Å². The highest BCUT2D eigenvalue weighted by atomic mass is 16.5. The van der Waals surface area contributed by atoms with Crippen LogP contribution in [0.2, 0.25) is 0 Å². The van der Waals surface area contributed by atoms with E-state index in [4.69, 9.17) is 10.5 Å². The fourth-order valence-electron chi connectivity index (χ4n) is 6.21. The summed E-state index contributed by atoms with van der Waals surface area (Å²) in [5.41, 5.74) is 9.15. The molecule has 6 rings (SSSR count). The minimum atomic E-state index is -0.588. The first kappa shape index (κ1) is 19.7. The van der Waals surface area contributed by atoms with Crippen LogP contribution in [0, 0.1) is 5.41 Å². The summed E-state index contributed by atoms with van der Waals surface area (Å²) in [7, 11) is 1.75. The van der Waals surface area contributed by atoms with Crippen LogP contribution in [0.3, 0.4) is 0 Å². The lowest BCUT2D eigenvalue weighted by molar-refractivity contribution is -0.136. The number of nitrogens with two attached hydrogens (primary N) is 1. The minimum absolute atomic E-state index is 0.0210. The third-order valence-electron chi connectivity index (χ3n) is 7.48. The number of piperidine rings is 1. The largest absolute Gasteiger partial charge is 0.384 e. The van der Waals surface area contributed by atoms with Crippen molar-refractivity contribution in [2.24, 2.45) is 11.1 Å². The van der Waals surface area contributed by atoms with Gasteiger partial charge in [-0.1, -0.05) is 12.1 Å². The van der Waals surface area contributed by atoms with E-state index in [1.165, 1.54) is 0 Å². The van der Waals surface area contributed by atoms with Crippen LogP contribution >= 0.6 is 0 Å². The van der Waals surface area contributed by atoms with Gasteiger partial charge in [-0.25, -0.2) is 0 Å². The van der Waals surface area contributed by atoms with E-state index in [0.29, 0.717) is 25.1 Å². The molecule has 0 spiro atoms. The van der Waals surface area contributed by atoms with E-state index < -0.39 is 6.04 Å². The van der Waals surface area contributed by atoms with Crippen molar-refractivity contribution < 1.29 is 19.1 Å². The van der Waals surface area contributed by atoms with E-state index in [-0.39, 0.29) is 35.1 Å². The Labute approximate surface area is 175 Å². The molecule has 2 bridgehead atoms. The van der Waals surface area contributed by atoms with Crippen molar-refractivity contribution in [2.75, 3.05) is 26.8 Å². The number of carbonyl (C=O) groups is 3. The molecule has 0 aromatic heterocycles. The number of hydrogen-bond acceptors (Lipinski definition) is 6. The van der Waals surface area contributed by atoms with Gasteiger partial charge in [0.2, 0.25) is 11.8 Å². The summed E-state index contributed by atoms with van der Waals surface area (Å²) >= 11 is 0. The van der Waals surface area contributed by atoms with Gasteiger partial charge in [0.25, 0.3) is 5.91 Å². The van der Waals surface area contributed by atoms with Gasteiger partial charge in [-0.15, -0.1) is 0 Å². The zero-order chi connectivity index (χ0) is 21.1. The van der Waals surface area contributed by atoms with Crippen molar-refractivity contribution in [2.45, 2.75) is 50.4 Å². The summed E-state index contributed by atoms with van der Waals surface area (Å²) in [6, 6.07) is 5.24. The molecule has 0 radical (unpaired) electrons. The Hall–Kier alpha value is -2.29. The molecule has 1 aromatic carbocycles. The predicted octanol–water partition coefficient (Wildman–Crippen LogP) is 0.387. The molecule has 1 saturated carbocycles. The molecular formula is C22H28N4O4. The van der Waals surface area contributed by atoms with Crippen molar-refractivity contribution in [3.8, 4) is 0 Å². The Morgan fingerprint density at radius 3 is 2.77 bits per heavy atom. The molecule has 3 amide bonds. The summed E-state index contributed by atoms with van der Waals surface area (Å²) in [5, 5.41) is 2.36. The Bertz CT molecular complexity index is 924. The van der Waals surface area contributed by atoms with E-state index in [0.717, 1.165) is 43.7 Å². The molecule has 1 atom stereocenters. The summed E-state index contributed by atoms with van der Waals surface area (Å²) in [6.07, 6.45) is 2.75. The maximum Gasteiger partial charge on any atom is 0.255 e. The maximum absolute atomic E-state index is 13.1. The van der Waals surface area contributed by atoms with Crippen LogP contribution in [0.5, 0.6) is 0 Å². The van der Waals surface area contributed by atoms with Gasteiger partial charge in [0.05, 0.1) is 6.61 Å². The van der Waals surface area contributed by atoms with E-state index in [2.05, 4.69) is 16.3 Å². The highest BCUT2D eigenvalue weighted by Gasteiger charge is 2.64. The number of rotatable bonds is 6. The van der Waals surface area contributed by atoms with Gasteiger partial charge in [-0.2, -0.15) is 0 Å². The summed E-state index contributed by atoms with van der Waals surface area (Å²) in [6.45, 7) is 3.47. The topological polar surface area (TPSA) is 105 Å². The smallest absolute Gasteiger partial charge is 0.255 e. The minimum Gasteiger partial charge on any atom is -0.384 e. The van der Waals surface area contributed by atoms with E-state index in [9.17, 15) is 14.4 Å². The van der Waals surface area contributed by atoms with Gasteiger partial charge >= 0.3 is 0 Å². The number of fused-ring (bicyclic) bond motifs is 2. The summed E-state index contributed by atoms with van der Waals surface area (Å²) < 4.78 is 5.46. The second-order valence-corrected chi connectivity index (χ2v) is 9.41. The summed E-state index contributed by atoms with van der Waals surface area (Å²) in [4.78, 5) is 40.9. The summed E-state index contributed by atoms with van der Waals surface area (Å²) in [5.74, 6) is -0.777. The molecule has 8 heteroatoms. The standard InChI is InChI=1S/C22H28N4O4/c1-30-13-21-9-22(10-21,11-23)25(12-21)7-14-3-2-4-15-16(14)8-26(20(15)29)17-5-6-18(27)24-19(17)28/h2-4,17H,5-13,23H2,1H3,(H,24,27,28). The van der Waals surface area contributed by atoms with Crippen LogP contribution in [-0.4, -0.2) is 65.9 Å². The van der Waals surface area contributed by atoms with Crippen molar-refractivity contribution in [3.63, 3.8) is 0 Å². The Morgan fingerprint density at radius 2 is 2.07 bits per heavy atom. The quantitative estimate of drug-likeness (QED) is 0.655. The fourth-order valence-corrected chi connectivity index (χ4v) is 6.21. The first-order valence-electron chi connectivity index (χ1n) is 10.6. The van der Waals surface area contributed by atoms with Gasteiger partial charge in [-0.05, 0) is 36.5 Å². The lowest BCUT2D eigenvalue weighted by atomic mass is 9.62. The van der Waals surface area contributed by atoms with Gasteiger partial charge in [0, 0.05) is 56.2 Å². The third kappa shape index (κ3) is 2.81. The van der Waals surface area contributed by atoms with Crippen LogP contribution in [0.15, 0.2) is 18.2 Å². The number of imide groups is 1. The number of nitrogens with one attached hydrogen (secondary N) is 1. The number of methoxy groups -OCH3 is 1. The van der Waals surface area contributed by atoms with Crippen molar-refractivity contribution >= 4 is 17.7 Å². The zero-order valence-corrected chi connectivity index (χ0v) is 17.3. The van der Waals surface area contributed by atoms with E-state index in [1.807, 2.05) is 12.1 Å². The first-order chi connectivity index (χ1) is 14.4. The Morgan fingerprint density at radius 1 is 1.27 bits per heavy atom.